The van der Waals surface area contributed by atoms with Gasteiger partial charge < -0.3 is 25.4 Å². The molecular formula is C25H38IN5O2. The zero-order chi connectivity index (χ0) is 22.8. The molecule has 1 fully saturated rings. The van der Waals surface area contributed by atoms with Crippen LogP contribution in [0.3, 0.4) is 0 Å². The molecule has 1 aliphatic rings. The lowest BCUT2D eigenvalue weighted by Gasteiger charge is -2.27. The molecule has 3 N–H and O–H groups in total. The standard InChI is InChI=1S/C25H37N5O2.HI/c1-4-26-25(29-18-23(31)21-8-10-22(11-9-21)32-19(2)3)28-17-20-12-13-27-24(16-20)30-14-6-5-7-15-30;/h8-13,16,19,23,31H,4-7,14-15,17-18H2,1-3H3,(H2,26,28,29);1H. The van der Waals surface area contributed by atoms with Gasteiger partial charge in [-0.1, -0.05) is 12.1 Å². The normalized spacial score (nSPS) is 15.1. The minimum atomic E-state index is -0.640. The lowest BCUT2D eigenvalue weighted by atomic mass is 10.1. The summed E-state index contributed by atoms with van der Waals surface area (Å²) in [5.74, 6) is 2.53. The van der Waals surface area contributed by atoms with Gasteiger partial charge in [0.1, 0.15) is 11.6 Å². The van der Waals surface area contributed by atoms with Crippen molar-refractivity contribution >= 4 is 35.8 Å². The third-order valence-electron chi connectivity index (χ3n) is 5.35. The van der Waals surface area contributed by atoms with E-state index in [-0.39, 0.29) is 30.1 Å². The predicted molar refractivity (Wildman–Crippen MR) is 146 cm³/mol. The number of nitrogens with zero attached hydrogens (tertiary/aromatic N) is 3. The van der Waals surface area contributed by atoms with Gasteiger partial charge in [-0.3, -0.25) is 0 Å². The molecule has 1 aromatic heterocycles. The van der Waals surface area contributed by atoms with E-state index in [9.17, 15) is 5.11 Å². The Kier molecular flexibility index (Phi) is 11.7. The summed E-state index contributed by atoms with van der Waals surface area (Å²) in [6.07, 6.45) is 5.12. The smallest absolute Gasteiger partial charge is 0.191 e. The minimum absolute atomic E-state index is 0. The van der Waals surface area contributed by atoms with Gasteiger partial charge in [0.2, 0.25) is 0 Å². The summed E-state index contributed by atoms with van der Waals surface area (Å²) in [4.78, 5) is 11.6. The van der Waals surface area contributed by atoms with Crippen molar-refractivity contribution in [2.24, 2.45) is 4.99 Å². The molecular weight excluding hydrogens is 529 g/mol. The highest BCUT2D eigenvalue weighted by atomic mass is 127. The third-order valence-corrected chi connectivity index (χ3v) is 5.35. The number of piperidine rings is 1. The molecule has 0 amide bonds. The van der Waals surface area contributed by atoms with Crippen LogP contribution in [0.1, 0.15) is 57.3 Å². The first-order valence-corrected chi connectivity index (χ1v) is 11.7. The molecule has 1 unspecified atom stereocenters. The van der Waals surface area contributed by atoms with Crippen molar-refractivity contribution in [1.29, 1.82) is 0 Å². The second-order valence-corrected chi connectivity index (χ2v) is 8.40. The lowest BCUT2D eigenvalue weighted by molar-refractivity contribution is 0.180. The van der Waals surface area contributed by atoms with Crippen LogP contribution >= 0.6 is 24.0 Å². The Bertz CT molecular complexity index is 854. The SMILES string of the molecule is CCNC(=NCc1ccnc(N2CCCCC2)c1)NCC(O)c1ccc(OC(C)C)cc1.I. The van der Waals surface area contributed by atoms with Crippen molar-refractivity contribution in [3.8, 4) is 5.75 Å². The van der Waals surface area contributed by atoms with Gasteiger partial charge in [0.05, 0.1) is 18.8 Å². The van der Waals surface area contributed by atoms with E-state index in [1.807, 2.05) is 57.3 Å². The van der Waals surface area contributed by atoms with Gasteiger partial charge >= 0.3 is 0 Å². The van der Waals surface area contributed by atoms with Gasteiger partial charge in [-0.2, -0.15) is 0 Å². The van der Waals surface area contributed by atoms with Crippen LogP contribution < -0.4 is 20.3 Å². The number of aliphatic hydroxyl groups excluding tert-OH is 1. The fraction of sp³-hybridized carbons (Fsp3) is 0.520. The number of anilines is 1. The summed E-state index contributed by atoms with van der Waals surface area (Å²) >= 11 is 0. The Morgan fingerprint density at radius 3 is 2.52 bits per heavy atom. The van der Waals surface area contributed by atoms with E-state index in [1.165, 1.54) is 19.3 Å². The van der Waals surface area contributed by atoms with Gasteiger partial charge in [-0.05, 0) is 75.4 Å². The molecule has 1 saturated heterocycles. The first-order chi connectivity index (χ1) is 15.5. The van der Waals surface area contributed by atoms with Gasteiger partial charge in [0.15, 0.2) is 5.96 Å². The maximum absolute atomic E-state index is 10.6. The minimum Gasteiger partial charge on any atom is -0.491 e. The molecule has 0 radical (unpaired) electrons. The number of benzene rings is 1. The summed E-state index contributed by atoms with van der Waals surface area (Å²) in [6.45, 7) is 9.84. The second-order valence-electron chi connectivity index (χ2n) is 8.40. The Morgan fingerprint density at radius 1 is 1.12 bits per heavy atom. The van der Waals surface area contributed by atoms with Crippen molar-refractivity contribution in [3.63, 3.8) is 0 Å². The molecule has 0 aliphatic carbocycles. The van der Waals surface area contributed by atoms with Crippen LogP contribution in [0.5, 0.6) is 5.75 Å². The van der Waals surface area contributed by atoms with Crippen molar-refractivity contribution in [2.45, 2.75) is 58.8 Å². The van der Waals surface area contributed by atoms with E-state index >= 15 is 0 Å². The maximum atomic E-state index is 10.6. The van der Waals surface area contributed by atoms with Crippen LogP contribution in [0, 0.1) is 0 Å². The zero-order valence-corrected chi connectivity index (χ0v) is 22.3. The number of rotatable bonds is 9. The number of hydrogen-bond donors (Lipinski definition) is 3. The third kappa shape index (κ3) is 9.00. The van der Waals surface area contributed by atoms with Crippen LogP contribution in [-0.2, 0) is 6.54 Å². The molecule has 0 bridgehead atoms. The van der Waals surface area contributed by atoms with E-state index in [2.05, 4.69) is 26.6 Å². The Hall–Kier alpha value is -2.07. The molecule has 2 aromatic rings. The fourth-order valence-corrected chi connectivity index (χ4v) is 3.72. The molecule has 2 heterocycles. The first-order valence-electron chi connectivity index (χ1n) is 11.7. The average Bonchev–Trinajstić information content (AvgIpc) is 2.81. The van der Waals surface area contributed by atoms with Crippen molar-refractivity contribution < 1.29 is 9.84 Å². The Balaban J connectivity index is 0.00000385. The number of nitrogens with one attached hydrogen (secondary N) is 2. The predicted octanol–water partition coefficient (Wildman–Crippen LogP) is 4.27. The number of hydrogen-bond acceptors (Lipinski definition) is 5. The molecule has 182 valence electrons. The number of aromatic nitrogens is 1. The molecule has 1 aromatic carbocycles. The van der Waals surface area contributed by atoms with Gasteiger partial charge in [-0.25, -0.2) is 9.98 Å². The van der Waals surface area contributed by atoms with Crippen LogP contribution in [0.2, 0.25) is 0 Å². The molecule has 0 spiro atoms. The largest absolute Gasteiger partial charge is 0.491 e. The molecule has 1 atom stereocenters. The number of halogens is 1. The highest BCUT2D eigenvalue weighted by Gasteiger charge is 2.13. The summed E-state index contributed by atoms with van der Waals surface area (Å²) < 4.78 is 5.67. The summed E-state index contributed by atoms with van der Waals surface area (Å²) in [5, 5.41) is 17.1. The summed E-state index contributed by atoms with van der Waals surface area (Å²) in [5.41, 5.74) is 1.96. The highest BCUT2D eigenvalue weighted by Crippen LogP contribution is 2.19. The Labute approximate surface area is 215 Å². The van der Waals surface area contributed by atoms with E-state index in [4.69, 9.17) is 9.73 Å². The van der Waals surface area contributed by atoms with Gasteiger partial charge in [0, 0.05) is 32.4 Å². The number of aliphatic hydroxyl groups is 1. The van der Waals surface area contributed by atoms with E-state index < -0.39 is 6.10 Å². The number of guanidine groups is 1. The van der Waals surface area contributed by atoms with E-state index in [0.717, 1.165) is 42.3 Å². The molecule has 1 aliphatic heterocycles. The van der Waals surface area contributed by atoms with Crippen molar-refractivity contribution in [2.75, 3.05) is 31.1 Å². The lowest BCUT2D eigenvalue weighted by Crippen LogP contribution is -2.39. The summed E-state index contributed by atoms with van der Waals surface area (Å²) in [6, 6.07) is 11.7. The molecule has 8 heteroatoms. The topological polar surface area (TPSA) is 82.0 Å². The van der Waals surface area contributed by atoms with Gasteiger partial charge in [0.25, 0.3) is 0 Å². The first kappa shape index (κ1) is 27.2. The monoisotopic (exact) mass is 567 g/mol. The highest BCUT2D eigenvalue weighted by molar-refractivity contribution is 14.0. The number of aliphatic imine (C=N–C) groups is 1. The number of ether oxygens (including phenoxy) is 1. The zero-order valence-electron chi connectivity index (χ0n) is 20.0. The molecule has 0 saturated carbocycles. The molecule has 3 rings (SSSR count). The maximum Gasteiger partial charge on any atom is 0.191 e. The number of pyridine rings is 1. The van der Waals surface area contributed by atoms with Crippen molar-refractivity contribution in [3.05, 3.63) is 53.7 Å². The van der Waals surface area contributed by atoms with Crippen LogP contribution in [0.4, 0.5) is 5.82 Å². The average molecular weight is 568 g/mol. The van der Waals surface area contributed by atoms with Crippen LogP contribution in [0.15, 0.2) is 47.6 Å². The van der Waals surface area contributed by atoms with Crippen molar-refractivity contribution in [1.82, 2.24) is 15.6 Å². The molecule has 7 nitrogen and oxygen atoms in total. The van der Waals surface area contributed by atoms with E-state index in [1.54, 1.807) is 0 Å². The summed E-state index contributed by atoms with van der Waals surface area (Å²) in [7, 11) is 0. The quantitative estimate of drug-likeness (QED) is 0.239. The van der Waals surface area contributed by atoms with E-state index in [0.29, 0.717) is 19.0 Å². The second kappa shape index (κ2) is 14.2. The Morgan fingerprint density at radius 2 is 1.85 bits per heavy atom. The van der Waals surface area contributed by atoms with Gasteiger partial charge in [-0.15, -0.1) is 24.0 Å². The van der Waals surface area contributed by atoms with Crippen LogP contribution in [-0.4, -0.2) is 48.3 Å². The molecule has 33 heavy (non-hydrogen) atoms. The fourth-order valence-electron chi connectivity index (χ4n) is 3.72. The van der Waals surface area contributed by atoms with Crippen LogP contribution in [0.25, 0.3) is 0 Å².